The second-order valence-electron chi connectivity index (χ2n) is 4.97. The Morgan fingerprint density at radius 2 is 1.85 bits per heavy atom. The van der Waals surface area contributed by atoms with E-state index in [1.807, 2.05) is 0 Å². The molecular weight excluding hydrogens is 388 g/mol. The zero-order chi connectivity index (χ0) is 19.2. The molecule has 0 bridgehead atoms. The van der Waals surface area contributed by atoms with Crippen LogP contribution in [0.4, 0.5) is 8.78 Å². The highest BCUT2D eigenvalue weighted by atomic mass is 32.2. The minimum absolute atomic E-state index is 0.0464. The zero-order valence-corrected chi connectivity index (χ0v) is 14.9. The van der Waals surface area contributed by atoms with Crippen molar-refractivity contribution in [3.8, 4) is 5.75 Å². The fraction of sp³-hybridized carbons (Fsp3) is 0.188. The number of rotatable bonds is 9. The summed E-state index contributed by atoms with van der Waals surface area (Å²) in [4.78, 5) is 10.9. The molecule has 2 N–H and O–H groups in total. The highest BCUT2D eigenvalue weighted by Crippen LogP contribution is 2.24. The molecule has 140 valence electrons. The van der Waals surface area contributed by atoms with Gasteiger partial charge in [0.25, 0.3) is 0 Å². The predicted octanol–water partition coefficient (Wildman–Crippen LogP) is 2.50. The molecule has 2 aromatic carbocycles. The summed E-state index contributed by atoms with van der Waals surface area (Å²) in [6, 6.07) is 8.46. The molecule has 10 heteroatoms. The minimum atomic E-state index is -3.74. The molecule has 26 heavy (non-hydrogen) atoms. The number of hydrogen-bond donors (Lipinski definition) is 2. The normalized spacial score (nSPS) is 11.3. The van der Waals surface area contributed by atoms with Crippen LogP contribution < -0.4 is 9.46 Å². The molecule has 0 aliphatic heterocycles. The molecule has 0 fully saturated rings. The molecule has 0 amide bonds. The number of sulfonamides is 1. The van der Waals surface area contributed by atoms with Gasteiger partial charge in [0, 0.05) is 17.2 Å². The molecule has 0 atom stereocenters. The maximum atomic E-state index is 13.8. The molecule has 0 unspecified atom stereocenters. The standard InChI is InChI=1S/C16H15F2NO5S2/c17-11-1-4-13(5-2-11)26(22,23)19-7-8-25-12-3-6-15(14(18)9-12)24-10-16(20)21/h1-6,9,19H,7-8,10H2,(H,20,21). The van der Waals surface area contributed by atoms with Crippen molar-refractivity contribution in [1.82, 2.24) is 4.72 Å². The van der Waals surface area contributed by atoms with Gasteiger partial charge in [-0.05, 0) is 42.5 Å². The van der Waals surface area contributed by atoms with Crippen molar-refractivity contribution in [2.45, 2.75) is 9.79 Å². The first-order valence-corrected chi connectivity index (χ1v) is 9.77. The molecular formula is C16H15F2NO5S2. The molecule has 0 aliphatic rings. The van der Waals surface area contributed by atoms with Gasteiger partial charge in [-0.15, -0.1) is 11.8 Å². The molecule has 0 radical (unpaired) electrons. The average Bonchev–Trinajstić information content (AvgIpc) is 2.58. The quantitative estimate of drug-likeness (QED) is 0.494. The minimum Gasteiger partial charge on any atom is -0.479 e. The van der Waals surface area contributed by atoms with Crippen LogP contribution in [0.2, 0.25) is 0 Å². The van der Waals surface area contributed by atoms with E-state index < -0.39 is 34.2 Å². The second kappa shape index (κ2) is 8.97. The van der Waals surface area contributed by atoms with Gasteiger partial charge < -0.3 is 9.84 Å². The van der Waals surface area contributed by atoms with E-state index in [1.54, 1.807) is 6.07 Å². The van der Waals surface area contributed by atoms with Crippen LogP contribution in [0.3, 0.4) is 0 Å². The lowest BCUT2D eigenvalue weighted by Crippen LogP contribution is -2.26. The molecule has 6 nitrogen and oxygen atoms in total. The van der Waals surface area contributed by atoms with Crippen LogP contribution in [0.1, 0.15) is 0 Å². The summed E-state index contributed by atoms with van der Waals surface area (Å²) in [6.45, 7) is -0.558. The first-order valence-electron chi connectivity index (χ1n) is 7.30. The van der Waals surface area contributed by atoms with Gasteiger partial charge >= 0.3 is 5.97 Å². The van der Waals surface area contributed by atoms with E-state index in [2.05, 4.69) is 4.72 Å². The molecule has 0 aliphatic carbocycles. The van der Waals surface area contributed by atoms with Gasteiger partial charge in [-0.25, -0.2) is 26.7 Å². The van der Waals surface area contributed by atoms with Gasteiger partial charge in [-0.3, -0.25) is 0 Å². The summed E-state index contributed by atoms with van der Waals surface area (Å²) in [5.74, 6) is -2.29. The number of benzene rings is 2. The number of halogens is 2. The van der Waals surface area contributed by atoms with E-state index in [9.17, 15) is 22.0 Å². The third-order valence-corrected chi connectivity index (χ3v) is 5.51. The summed E-state index contributed by atoms with van der Waals surface area (Å²) in [6.07, 6.45) is 0. The van der Waals surface area contributed by atoms with Crippen LogP contribution in [0, 0.1) is 11.6 Å². The molecule has 0 saturated carbocycles. The first kappa shape index (κ1) is 20.1. The van der Waals surface area contributed by atoms with Crippen LogP contribution in [0.15, 0.2) is 52.3 Å². The van der Waals surface area contributed by atoms with Crippen LogP contribution in [-0.2, 0) is 14.8 Å². The van der Waals surface area contributed by atoms with Crippen molar-refractivity contribution in [1.29, 1.82) is 0 Å². The van der Waals surface area contributed by atoms with Gasteiger partial charge in [0.2, 0.25) is 10.0 Å². The smallest absolute Gasteiger partial charge is 0.341 e. The number of aliphatic carboxylic acids is 1. The largest absolute Gasteiger partial charge is 0.479 e. The Morgan fingerprint density at radius 1 is 1.15 bits per heavy atom. The first-order chi connectivity index (χ1) is 12.3. The van der Waals surface area contributed by atoms with Crippen molar-refractivity contribution < 1.29 is 31.8 Å². The van der Waals surface area contributed by atoms with E-state index in [1.165, 1.54) is 23.9 Å². The monoisotopic (exact) mass is 403 g/mol. The summed E-state index contributed by atoms with van der Waals surface area (Å²) in [7, 11) is -3.74. The Bertz CT molecular complexity index is 873. The summed E-state index contributed by atoms with van der Waals surface area (Å²) >= 11 is 1.21. The Balaban J connectivity index is 1.85. The lowest BCUT2D eigenvalue weighted by atomic mass is 10.3. The second-order valence-corrected chi connectivity index (χ2v) is 7.91. The molecule has 0 spiro atoms. The van der Waals surface area contributed by atoms with Gasteiger partial charge in [0.15, 0.2) is 18.2 Å². The Hall–Kier alpha value is -2.17. The molecule has 0 aromatic heterocycles. The topological polar surface area (TPSA) is 92.7 Å². The lowest BCUT2D eigenvalue weighted by Gasteiger charge is -2.08. The van der Waals surface area contributed by atoms with Gasteiger partial charge in [-0.2, -0.15) is 0 Å². The van der Waals surface area contributed by atoms with Crippen LogP contribution in [0.25, 0.3) is 0 Å². The number of carboxylic acids is 1. The maximum absolute atomic E-state index is 13.8. The third kappa shape index (κ3) is 5.97. The van der Waals surface area contributed by atoms with Crippen LogP contribution in [-0.4, -0.2) is 38.4 Å². The average molecular weight is 403 g/mol. The number of hydrogen-bond acceptors (Lipinski definition) is 5. The summed E-state index contributed by atoms with van der Waals surface area (Å²) in [5.41, 5.74) is 0. The molecule has 2 aromatic rings. The van der Waals surface area contributed by atoms with Gasteiger partial charge in [0.05, 0.1) is 4.90 Å². The molecule has 2 rings (SSSR count). The Labute approximate surface area is 153 Å². The lowest BCUT2D eigenvalue weighted by molar-refractivity contribution is -0.139. The maximum Gasteiger partial charge on any atom is 0.341 e. The number of thioether (sulfide) groups is 1. The van der Waals surface area contributed by atoms with E-state index in [-0.39, 0.29) is 17.2 Å². The van der Waals surface area contributed by atoms with E-state index in [0.29, 0.717) is 10.6 Å². The van der Waals surface area contributed by atoms with Gasteiger partial charge in [0.1, 0.15) is 5.82 Å². The summed E-state index contributed by atoms with van der Waals surface area (Å²) < 4.78 is 57.8. The fourth-order valence-corrected chi connectivity index (χ4v) is 3.82. The van der Waals surface area contributed by atoms with Crippen molar-refractivity contribution in [2.75, 3.05) is 18.9 Å². The zero-order valence-electron chi connectivity index (χ0n) is 13.3. The highest BCUT2D eigenvalue weighted by Gasteiger charge is 2.13. The summed E-state index contributed by atoms with van der Waals surface area (Å²) in [5, 5.41) is 8.50. The van der Waals surface area contributed by atoms with Gasteiger partial charge in [-0.1, -0.05) is 0 Å². The Kier molecular flexibility index (Phi) is 6.95. The van der Waals surface area contributed by atoms with E-state index >= 15 is 0 Å². The van der Waals surface area contributed by atoms with Crippen LogP contribution in [0.5, 0.6) is 5.75 Å². The van der Waals surface area contributed by atoms with Crippen LogP contribution >= 0.6 is 11.8 Å². The third-order valence-electron chi connectivity index (χ3n) is 3.04. The van der Waals surface area contributed by atoms with E-state index in [4.69, 9.17) is 9.84 Å². The van der Waals surface area contributed by atoms with E-state index in [0.717, 1.165) is 24.3 Å². The fourth-order valence-electron chi connectivity index (χ4n) is 1.87. The SMILES string of the molecule is O=C(O)COc1ccc(SCCNS(=O)(=O)c2ccc(F)cc2)cc1F. The number of ether oxygens (including phenoxy) is 1. The number of nitrogens with one attached hydrogen (secondary N) is 1. The van der Waals surface area contributed by atoms with Crippen molar-refractivity contribution in [2.24, 2.45) is 0 Å². The number of carboxylic acid groups (broad SMARTS) is 1. The van der Waals surface area contributed by atoms with Crippen molar-refractivity contribution >= 4 is 27.8 Å². The molecule has 0 saturated heterocycles. The van der Waals surface area contributed by atoms with Crippen molar-refractivity contribution in [3.05, 3.63) is 54.1 Å². The predicted molar refractivity (Wildman–Crippen MR) is 91.8 cm³/mol. The Morgan fingerprint density at radius 3 is 2.46 bits per heavy atom. The number of carbonyl (C=O) groups is 1. The highest BCUT2D eigenvalue weighted by molar-refractivity contribution is 7.99. The molecule has 0 heterocycles. The van der Waals surface area contributed by atoms with Crippen molar-refractivity contribution in [3.63, 3.8) is 0 Å².